The molecule has 0 saturated heterocycles. The Morgan fingerprint density at radius 1 is 1.40 bits per heavy atom. The molecule has 0 bridgehead atoms. The van der Waals surface area contributed by atoms with E-state index in [0.29, 0.717) is 11.7 Å². The van der Waals surface area contributed by atoms with Gasteiger partial charge < -0.3 is 9.63 Å². The lowest BCUT2D eigenvalue weighted by molar-refractivity contribution is 0.352. The Kier molecular flexibility index (Phi) is 3.73. The van der Waals surface area contributed by atoms with Gasteiger partial charge in [0, 0.05) is 13.0 Å². The number of aromatic amines is 1. The van der Waals surface area contributed by atoms with Crippen molar-refractivity contribution in [2.75, 3.05) is 0 Å². The molecule has 0 aliphatic carbocycles. The molecule has 0 unspecified atom stereocenters. The summed E-state index contributed by atoms with van der Waals surface area (Å²) in [6, 6.07) is 0. The lowest BCUT2D eigenvalue weighted by atomic mass is 10.1. The molecule has 2 rings (SSSR count). The van der Waals surface area contributed by atoms with Crippen LogP contribution in [-0.4, -0.2) is 24.8 Å². The largest absolute Gasteiger partial charge is 0.494 e. The van der Waals surface area contributed by atoms with Gasteiger partial charge in [0.15, 0.2) is 5.82 Å². The third-order valence-corrected chi connectivity index (χ3v) is 2.90. The molecule has 0 atom stereocenters. The molecule has 8 nitrogen and oxygen atoms in total. The SMILES string of the molecule is Cc1noc(CCn2c(O)c(C(C)C)c(=O)[nH]c2=O)n1. The van der Waals surface area contributed by atoms with Gasteiger partial charge in [0.25, 0.3) is 5.56 Å². The van der Waals surface area contributed by atoms with E-state index in [4.69, 9.17) is 4.52 Å². The number of aromatic nitrogens is 4. The number of hydrogen-bond acceptors (Lipinski definition) is 6. The smallest absolute Gasteiger partial charge is 0.331 e. The fourth-order valence-corrected chi connectivity index (χ4v) is 1.95. The molecule has 108 valence electrons. The van der Waals surface area contributed by atoms with Gasteiger partial charge in [-0.15, -0.1) is 0 Å². The van der Waals surface area contributed by atoms with Gasteiger partial charge in [-0.25, -0.2) is 4.79 Å². The van der Waals surface area contributed by atoms with Crippen molar-refractivity contribution in [2.45, 2.75) is 39.7 Å². The Labute approximate surface area is 114 Å². The zero-order valence-corrected chi connectivity index (χ0v) is 11.5. The molecule has 0 aromatic carbocycles. The average Bonchev–Trinajstić information content (AvgIpc) is 2.73. The molecule has 0 fully saturated rings. The predicted molar refractivity (Wildman–Crippen MR) is 69.8 cm³/mol. The third kappa shape index (κ3) is 2.63. The normalized spacial score (nSPS) is 11.2. The maximum absolute atomic E-state index is 11.7. The summed E-state index contributed by atoms with van der Waals surface area (Å²) in [6.45, 7) is 5.36. The van der Waals surface area contributed by atoms with E-state index in [-0.39, 0.29) is 30.3 Å². The van der Waals surface area contributed by atoms with Crippen LogP contribution in [-0.2, 0) is 13.0 Å². The number of aryl methyl sites for hydroxylation is 2. The highest BCUT2D eigenvalue weighted by Crippen LogP contribution is 2.19. The fraction of sp³-hybridized carbons (Fsp3) is 0.500. The van der Waals surface area contributed by atoms with Crippen LogP contribution in [0.15, 0.2) is 14.1 Å². The molecule has 0 saturated carbocycles. The molecule has 0 aliphatic rings. The first kappa shape index (κ1) is 14.0. The predicted octanol–water partition coefficient (Wildman–Crippen LogP) is 0.300. The number of nitrogens with one attached hydrogen (secondary N) is 1. The molecule has 0 radical (unpaired) electrons. The van der Waals surface area contributed by atoms with E-state index < -0.39 is 11.2 Å². The first-order chi connectivity index (χ1) is 9.40. The summed E-state index contributed by atoms with van der Waals surface area (Å²) in [6.07, 6.45) is 0.290. The van der Waals surface area contributed by atoms with Gasteiger partial charge in [0.05, 0.1) is 5.56 Å². The Morgan fingerprint density at radius 3 is 2.65 bits per heavy atom. The highest BCUT2D eigenvalue weighted by atomic mass is 16.5. The molecule has 0 spiro atoms. The highest BCUT2D eigenvalue weighted by Gasteiger charge is 2.17. The molecule has 0 amide bonds. The summed E-state index contributed by atoms with van der Waals surface area (Å²) in [4.78, 5) is 29.6. The lowest BCUT2D eigenvalue weighted by Crippen LogP contribution is -2.33. The summed E-state index contributed by atoms with van der Waals surface area (Å²) in [5.41, 5.74) is -1.04. The van der Waals surface area contributed by atoms with Gasteiger partial charge in [-0.05, 0) is 12.8 Å². The molecular weight excluding hydrogens is 264 g/mol. The Hall–Kier alpha value is -2.38. The first-order valence-electron chi connectivity index (χ1n) is 6.25. The second-order valence-corrected chi connectivity index (χ2v) is 4.79. The highest BCUT2D eigenvalue weighted by molar-refractivity contribution is 5.25. The van der Waals surface area contributed by atoms with E-state index >= 15 is 0 Å². The zero-order valence-electron chi connectivity index (χ0n) is 11.5. The van der Waals surface area contributed by atoms with Crippen LogP contribution in [0.25, 0.3) is 0 Å². The number of rotatable bonds is 4. The van der Waals surface area contributed by atoms with E-state index in [1.165, 1.54) is 0 Å². The summed E-state index contributed by atoms with van der Waals surface area (Å²) < 4.78 is 6.03. The first-order valence-corrected chi connectivity index (χ1v) is 6.25. The topological polar surface area (TPSA) is 114 Å². The van der Waals surface area contributed by atoms with E-state index in [9.17, 15) is 14.7 Å². The minimum atomic E-state index is -0.659. The van der Waals surface area contributed by atoms with Gasteiger partial charge in [-0.3, -0.25) is 14.3 Å². The Bertz CT molecular complexity index is 726. The maximum Gasteiger partial charge on any atom is 0.331 e. The summed E-state index contributed by atoms with van der Waals surface area (Å²) in [7, 11) is 0. The van der Waals surface area contributed by atoms with Crippen molar-refractivity contribution in [3.8, 4) is 5.88 Å². The quantitative estimate of drug-likeness (QED) is 0.832. The van der Waals surface area contributed by atoms with Crippen molar-refractivity contribution in [1.82, 2.24) is 19.7 Å². The molecule has 2 N–H and O–H groups in total. The fourth-order valence-electron chi connectivity index (χ4n) is 1.95. The van der Waals surface area contributed by atoms with Crippen LogP contribution in [0.4, 0.5) is 0 Å². The molecule has 20 heavy (non-hydrogen) atoms. The Morgan fingerprint density at radius 2 is 2.10 bits per heavy atom. The van der Waals surface area contributed by atoms with Crippen molar-refractivity contribution in [2.24, 2.45) is 0 Å². The van der Waals surface area contributed by atoms with Crippen LogP contribution in [0.2, 0.25) is 0 Å². The minimum Gasteiger partial charge on any atom is -0.494 e. The van der Waals surface area contributed by atoms with Crippen LogP contribution < -0.4 is 11.2 Å². The summed E-state index contributed by atoms with van der Waals surface area (Å²) >= 11 is 0. The second kappa shape index (κ2) is 5.32. The lowest BCUT2D eigenvalue weighted by Gasteiger charge is -2.12. The molecule has 2 aromatic rings. The van der Waals surface area contributed by atoms with Crippen molar-refractivity contribution in [3.05, 3.63) is 38.1 Å². The molecular formula is C12H16N4O4. The number of hydrogen-bond donors (Lipinski definition) is 2. The van der Waals surface area contributed by atoms with Crippen molar-refractivity contribution < 1.29 is 9.63 Å². The van der Waals surface area contributed by atoms with Gasteiger partial charge in [-0.1, -0.05) is 19.0 Å². The summed E-state index contributed by atoms with van der Waals surface area (Å²) in [5, 5.41) is 13.7. The van der Waals surface area contributed by atoms with Crippen LogP contribution >= 0.6 is 0 Å². The molecule has 0 aliphatic heterocycles. The molecule has 2 heterocycles. The number of H-pyrrole nitrogens is 1. The second-order valence-electron chi connectivity index (χ2n) is 4.79. The van der Waals surface area contributed by atoms with E-state index in [1.54, 1.807) is 20.8 Å². The molecule has 8 heteroatoms. The van der Waals surface area contributed by atoms with Crippen molar-refractivity contribution >= 4 is 0 Å². The van der Waals surface area contributed by atoms with Crippen LogP contribution in [0.1, 0.15) is 37.0 Å². The monoisotopic (exact) mass is 280 g/mol. The maximum atomic E-state index is 11.7. The number of nitrogens with zero attached hydrogens (tertiary/aromatic N) is 3. The van der Waals surface area contributed by atoms with Crippen LogP contribution in [0, 0.1) is 6.92 Å². The van der Waals surface area contributed by atoms with E-state index in [2.05, 4.69) is 15.1 Å². The van der Waals surface area contributed by atoms with Crippen molar-refractivity contribution in [1.29, 1.82) is 0 Å². The average molecular weight is 280 g/mol. The van der Waals surface area contributed by atoms with E-state index in [0.717, 1.165) is 4.57 Å². The summed E-state index contributed by atoms with van der Waals surface area (Å²) in [5.74, 6) is 0.355. The van der Waals surface area contributed by atoms with Crippen LogP contribution in [0.3, 0.4) is 0 Å². The van der Waals surface area contributed by atoms with Gasteiger partial charge in [0.2, 0.25) is 11.8 Å². The third-order valence-electron chi connectivity index (χ3n) is 2.90. The standard InChI is InChI=1S/C12H16N4O4/c1-6(2)9-10(17)14-12(19)16(11(9)18)5-4-8-13-7(3)15-20-8/h6,18H,4-5H2,1-3H3,(H,14,17,19). The van der Waals surface area contributed by atoms with Gasteiger partial charge >= 0.3 is 5.69 Å². The molecule has 2 aromatic heterocycles. The van der Waals surface area contributed by atoms with Gasteiger partial charge in [0.1, 0.15) is 0 Å². The van der Waals surface area contributed by atoms with Gasteiger partial charge in [-0.2, -0.15) is 4.98 Å². The number of aromatic hydroxyl groups is 1. The van der Waals surface area contributed by atoms with Crippen LogP contribution in [0.5, 0.6) is 5.88 Å². The van der Waals surface area contributed by atoms with Crippen molar-refractivity contribution in [3.63, 3.8) is 0 Å². The Balaban J connectivity index is 2.34. The zero-order chi connectivity index (χ0) is 14.9. The minimum absolute atomic E-state index is 0.142. The van der Waals surface area contributed by atoms with E-state index in [1.807, 2.05) is 0 Å².